The van der Waals surface area contributed by atoms with Crippen molar-refractivity contribution in [2.45, 2.75) is 20.0 Å². The topological polar surface area (TPSA) is 51.5 Å². The van der Waals surface area contributed by atoms with E-state index >= 15 is 0 Å². The zero-order valence-electron chi connectivity index (χ0n) is 15.2. The molecule has 0 N–H and O–H groups in total. The van der Waals surface area contributed by atoms with Crippen molar-refractivity contribution in [3.63, 3.8) is 0 Å². The van der Waals surface area contributed by atoms with Gasteiger partial charge in [-0.05, 0) is 60.5 Å². The summed E-state index contributed by atoms with van der Waals surface area (Å²) in [7, 11) is 0. The third-order valence-electron chi connectivity index (χ3n) is 4.39. The summed E-state index contributed by atoms with van der Waals surface area (Å²) < 4.78 is 16.8. The zero-order valence-corrected chi connectivity index (χ0v) is 15.2. The summed E-state index contributed by atoms with van der Waals surface area (Å²) in [5, 5.41) is 11.9. The van der Waals surface area contributed by atoms with Crippen molar-refractivity contribution >= 4 is 22.4 Å². The number of allylic oxidation sites excluding steroid dienone is 1. The molecule has 3 aromatic rings. The molecular formula is C23H19NO3. The van der Waals surface area contributed by atoms with Gasteiger partial charge >= 0.3 is 0 Å². The van der Waals surface area contributed by atoms with Crippen molar-refractivity contribution in [3.05, 3.63) is 65.7 Å². The number of fused-ring (bicyclic) bond motifs is 2. The van der Waals surface area contributed by atoms with Crippen molar-refractivity contribution in [3.8, 4) is 23.3 Å². The summed E-state index contributed by atoms with van der Waals surface area (Å²) >= 11 is 0. The number of ether oxygens (including phenoxy) is 3. The highest BCUT2D eigenvalue weighted by molar-refractivity contribution is 6.00. The second-order valence-electron chi connectivity index (χ2n) is 6.60. The molecule has 0 amide bonds. The van der Waals surface area contributed by atoms with Crippen LogP contribution in [0, 0.1) is 11.3 Å². The highest BCUT2D eigenvalue weighted by Gasteiger charge is 2.16. The standard InChI is InChI=1S/C23H19NO3/c1-15(2)27-21-9-7-16-5-3-4-6-19(16)20(21)11-18(13-24)17-8-10-22-23(12-17)26-14-25-22/h3-12,15H,14H2,1-2H3/b18-11+. The molecule has 4 rings (SSSR count). The molecule has 3 aromatic carbocycles. The average Bonchev–Trinajstić information content (AvgIpc) is 3.14. The Morgan fingerprint density at radius 2 is 1.89 bits per heavy atom. The molecule has 1 aliphatic heterocycles. The Bertz CT molecular complexity index is 1080. The maximum absolute atomic E-state index is 9.80. The molecule has 0 radical (unpaired) electrons. The van der Waals surface area contributed by atoms with E-state index in [-0.39, 0.29) is 12.9 Å². The van der Waals surface area contributed by atoms with E-state index in [9.17, 15) is 5.26 Å². The first-order chi connectivity index (χ1) is 13.2. The lowest BCUT2D eigenvalue weighted by Gasteiger charge is -2.15. The number of nitriles is 1. The van der Waals surface area contributed by atoms with E-state index in [0.29, 0.717) is 17.1 Å². The monoisotopic (exact) mass is 357 g/mol. The van der Waals surface area contributed by atoms with Crippen LogP contribution in [-0.4, -0.2) is 12.9 Å². The molecule has 0 fully saturated rings. The minimum Gasteiger partial charge on any atom is -0.490 e. The predicted octanol–water partition coefficient (Wildman–Crippen LogP) is 5.42. The van der Waals surface area contributed by atoms with Crippen LogP contribution < -0.4 is 14.2 Å². The minimum atomic E-state index is 0.0365. The number of benzene rings is 3. The van der Waals surface area contributed by atoms with Gasteiger partial charge in [0.1, 0.15) is 5.75 Å². The van der Waals surface area contributed by atoms with E-state index < -0.39 is 0 Å². The van der Waals surface area contributed by atoms with Crippen LogP contribution in [0.25, 0.3) is 22.4 Å². The highest BCUT2D eigenvalue weighted by atomic mass is 16.7. The van der Waals surface area contributed by atoms with Gasteiger partial charge in [0.15, 0.2) is 11.5 Å². The maximum atomic E-state index is 9.80. The number of rotatable bonds is 4. The van der Waals surface area contributed by atoms with Crippen molar-refractivity contribution in [1.29, 1.82) is 5.26 Å². The molecule has 4 nitrogen and oxygen atoms in total. The Morgan fingerprint density at radius 1 is 1.07 bits per heavy atom. The Kier molecular flexibility index (Phi) is 4.43. The Balaban J connectivity index is 1.88. The van der Waals surface area contributed by atoms with E-state index in [4.69, 9.17) is 14.2 Å². The van der Waals surface area contributed by atoms with Crippen molar-refractivity contribution in [2.24, 2.45) is 0 Å². The first-order valence-electron chi connectivity index (χ1n) is 8.86. The fourth-order valence-corrected chi connectivity index (χ4v) is 3.17. The van der Waals surface area contributed by atoms with Gasteiger partial charge in [0.2, 0.25) is 6.79 Å². The van der Waals surface area contributed by atoms with Gasteiger partial charge in [-0.15, -0.1) is 0 Å². The summed E-state index contributed by atoms with van der Waals surface area (Å²) in [6, 6.07) is 19.9. The van der Waals surface area contributed by atoms with E-state index in [2.05, 4.69) is 12.1 Å². The van der Waals surface area contributed by atoms with Gasteiger partial charge in [-0.2, -0.15) is 5.26 Å². The molecular weight excluding hydrogens is 338 g/mol. The smallest absolute Gasteiger partial charge is 0.231 e. The van der Waals surface area contributed by atoms with Gasteiger partial charge in [0.25, 0.3) is 0 Å². The lowest BCUT2D eigenvalue weighted by Crippen LogP contribution is -2.06. The Morgan fingerprint density at radius 3 is 2.70 bits per heavy atom. The van der Waals surface area contributed by atoms with Crippen LogP contribution in [0.15, 0.2) is 54.6 Å². The van der Waals surface area contributed by atoms with Crippen LogP contribution in [0.3, 0.4) is 0 Å². The van der Waals surface area contributed by atoms with Gasteiger partial charge in [-0.3, -0.25) is 0 Å². The van der Waals surface area contributed by atoms with Gasteiger partial charge in [-0.25, -0.2) is 0 Å². The quantitative estimate of drug-likeness (QED) is 0.462. The molecule has 1 heterocycles. The molecule has 0 aliphatic carbocycles. The number of hydrogen-bond donors (Lipinski definition) is 0. The fraction of sp³-hybridized carbons (Fsp3) is 0.174. The molecule has 0 unspecified atom stereocenters. The molecule has 0 spiro atoms. The second-order valence-corrected chi connectivity index (χ2v) is 6.60. The van der Waals surface area contributed by atoms with Crippen LogP contribution in [0.4, 0.5) is 0 Å². The molecule has 0 aromatic heterocycles. The normalized spacial score (nSPS) is 13.0. The summed E-state index contributed by atoms with van der Waals surface area (Å²) in [4.78, 5) is 0. The van der Waals surface area contributed by atoms with Gasteiger partial charge < -0.3 is 14.2 Å². The van der Waals surface area contributed by atoms with Crippen molar-refractivity contribution in [1.82, 2.24) is 0 Å². The van der Waals surface area contributed by atoms with Crippen LogP contribution in [0.2, 0.25) is 0 Å². The average molecular weight is 357 g/mol. The SMILES string of the molecule is CC(C)Oc1ccc2ccccc2c1/C=C(\C#N)c1ccc2c(c1)OCO2. The Labute approximate surface area is 158 Å². The maximum Gasteiger partial charge on any atom is 0.231 e. The van der Waals surface area contributed by atoms with Crippen LogP contribution >= 0.6 is 0 Å². The molecule has 0 atom stereocenters. The van der Waals surface area contributed by atoms with Gasteiger partial charge in [0, 0.05) is 5.56 Å². The van der Waals surface area contributed by atoms with Crippen LogP contribution in [0.1, 0.15) is 25.0 Å². The van der Waals surface area contributed by atoms with E-state index in [1.807, 2.05) is 68.5 Å². The van der Waals surface area contributed by atoms with Crippen LogP contribution in [-0.2, 0) is 0 Å². The van der Waals surface area contributed by atoms with Crippen LogP contribution in [0.5, 0.6) is 17.2 Å². The third-order valence-corrected chi connectivity index (χ3v) is 4.39. The summed E-state index contributed by atoms with van der Waals surface area (Å²) in [5.74, 6) is 2.12. The molecule has 4 heteroatoms. The summed E-state index contributed by atoms with van der Waals surface area (Å²) in [6.07, 6.45) is 1.92. The lowest BCUT2D eigenvalue weighted by molar-refractivity contribution is 0.174. The third kappa shape index (κ3) is 3.32. The van der Waals surface area contributed by atoms with E-state index in [1.54, 1.807) is 0 Å². The lowest BCUT2D eigenvalue weighted by atomic mass is 9.98. The molecule has 0 saturated carbocycles. The number of nitrogens with zero attached hydrogens (tertiary/aromatic N) is 1. The second kappa shape index (κ2) is 7.05. The van der Waals surface area contributed by atoms with E-state index in [1.165, 1.54) is 0 Å². The molecule has 134 valence electrons. The first-order valence-corrected chi connectivity index (χ1v) is 8.86. The summed E-state index contributed by atoms with van der Waals surface area (Å²) in [5.41, 5.74) is 2.22. The van der Waals surface area contributed by atoms with Gasteiger partial charge in [-0.1, -0.05) is 30.3 Å². The molecule has 27 heavy (non-hydrogen) atoms. The minimum absolute atomic E-state index is 0.0365. The fourth-order valence-electron chi connectivity index (χ4n) is 3.17. The molecule has 1 aliphatic rings. The Hall–Kier alpha value is -3.45. The summed E-state index contributed by atoms with van der Waals surface area (Å²) in [6.45, 7) is 4.19. The van der Waals surface area contributed by atoms with Crippen molar-refractivity contribution in [2.75, 3.05) is 6.79 Å². The van der Waals surface area contributed by atoms with Gasteiger partial charge in [0.05, 0.1) is 17.7 Å². The molecule has 0 saturated heterocycles. The van der Waals surface area contributed by atoms with E-state index in [0.717, 1.165) is 27.6 Å². The largest absolute Gasteiger partial charge is 0.490 e. The molecule has 0 bridgehead atoms. The number of hydrogen-bond acceptors (Lipinski definition) is 4. The first kappa shape index (κ1) is 17.0. The van der Waals surface area contributed by atoms with Crippen molar-refractivity contribution < 1.29 is 14.2 Å². The predicted molar refractivity (Wildman–Crippen MR) is 106 cm³/mol. The highest BCUT2D eigenvalue weighted by Crippen LogP contribution is 2.36. The zero-order chi connectivity index (χ0) is 18.8.